The van der Waals surface area contributed by atoms with Crippen LogP contribution in [-0.2, 0) is 0 Å². The van der Waals surface area contributed by atoms with E-state index in [0.717, 1.165) is 12.5 Å². The SMILES string of the molecule is Cc1cc[n+](OCC2CCCCC2)cc1. The maximum Gasteiger partial charge on any atom is 0.222 e. The molecule has 2 nitrogen and oxygen atoms in total. The van der Waals surface area contributed by atoms with Gasteiger partial charge in [-0.15, -0.1) is 0 Å². The Bertz CT molecular complexity index is 288. The van der Waals surface area contributed by atoms with E-state index in [1.54, 1.807) is 0 Å². The van der Waals surface area contributed by atoms with E-state index in [9.17, 15) is 0 Å². The highest BCUT2D eigenvalue weighted by Crippen LogP contribution is 2.22. The lowest BCUT2D eigenvalue weighted by atomic mass is 9.90. The molecule has 0 N–H and O–H groups in total. The lowest BCUT2D eigenvalue weighted by Gasteiger charge is -2.18. The molecule has 0 unspecified atom stereocenters. The molecule has 0 saturated heterocycles. The first-order valence-electron chi connectivity index (χ1n) is 5.96. The highest BCUT2D eigenvalue weighted by atomic mass is 16.7. The third-order valence-corrected chi connectivity index (χ3v) is 3.15. The Kier molecular flexibility index (Phi) is 3.59. The van der Waals surface area contributed by atoms with Gasteiger partial charge in [0.25, 0.3) is 0 Å². The van der Waals surface area contributed by atoms with E-state index in [-0.39, 0.29) is 0 Å². The number of pyridine rings is 1. The number of hydrogen-bond acceptors (Lipinski definition) is 1. The van der Waals surface area contributed by atoms with Crippen LogP contribution in [0.15, 0.2) is 24.5 Å². The number of aromatic nitrogens is 1. The van der Waals surface area contributed by atoms with Gasteiger partial charge >= 0.3 is 0 Å². The summed E-state index contributed by atoms with van der Waals surface area (Å²) in [6.45, 7) is 2.96. The summed E-state index contributed by atoms with van der Waals surface area (Å²) in [6.07, 6.45) is 10.8. The second-order valence-electron chi connectivity index (χ2n) is 4.54. The number of aryl methyl sites for hydroxylation is 1. The van der Waals surface area contributed by atoms with Gasteiger partial charge in [0.05, 0.1) is 0 Å². The van der Waals surface area contributed by atoms with E-state index in [0.29, 0.717) is 0 Å². The number of nitrogens with zero attached hydrogens (tertiary/aromatic N) is 1. The summed E-state index contributed by atoms with van der Waals surface area (Å²) in [7, 11) is 0. The molecule has 82 valence electrons. The van der Waals surface area contributed by atoms with Gasteiger partial charge in [-0.1, -0.05) is 19.3 Å². The molecular formula is C13H20NO+. The van der Waals surface area contributed by atoms with Crippen LogP contribution in [0.5, 0.6) is 0 Å². The molecule has 1 aromatic rings. The Balaban J connectivity index is 1.79. The molecule has 1 saturated carbocycles. The molecule has 0 spiro atoms. The number of hydrogen-bond donors (Lipinski definition) is 0. The Hall–Kier alpha value is -1.05. The van der Waals surface area contributed by atoms with Gasteiger partial charge in [0.2, 0.25) is 12.4 Å². The molecule has 2 rings (SSSR count). The maximum absolute atomic E-state index is 5.72. The molecule has 1 aliphatic carbocycles. The zero-order valence-corrected chi connectivity index (χ0v) is 9.48. The van der Waals surface area contributed by atoms with Crippen molar-refractivity contribution >= 4 is 0 Å². The van der Waals surface area contributed by atoms with Gasteiger partial charge in [0, 0.05) is 16.9 Å². The fraction of sp³-hybridized carbons (Fsp3) is 0.615. The predicted molar refractivity (Wildman–Crippen MR) is 59.4 cm³/mol. The minimum absolute atomic E-state index is 0.771. The van der Waals surface area contributed by atoms with E-state index in [1.807, 2.05) is 17.1 Å². The molecule has 2 heteroatoms. The quantitative estimate of drug-likeness (QED) is 0.692. The van der Waals surface area contributed by atoms with Crippen LogP contribution in [0, 0.1) is 12.8 Å². The van der Waals surface area contributed by atoms with Crippen LogP contribution in [0.3, 0.4) is 0 Å². The van der Waals surface area contributed by atoms with Crippen LogP contribution in [-0.4, -0.2) is 6.61 Å². The average molecular weight is 206 g/mol. The Morgan fingerprint density at radius 2 is 1.87 bits per heavy atom. The first-order valence-corrected chi connectivity index (χ1v) is 5.96. The van der Waals surface area contributed by atoms with Gasteiger partial charge in [-0.05, 0) is 31.2 Å². The first-order chi connectivity index (χ1) is 7.34. The predicted octanol–water partition coefficient (Wildman–Crippen LogP) is 2.29. The van der Waals surface area contributed by atoms with Crippen molar-refractivity contribution in [3.05, 3.63) is 30.1 Å². The zero-order chi connectivity index (χ0) is 10.5. The smallest absolute Gasteiger partial charge is 0.222 e. The fourth-order valence-corrected chi connectivity index (χ4v) is 2.12. The third kappa shape index (κ3) is 3.22. The summed E-state index contributed by atoms with van der Waals surface area (Å²) in [6, 6.07) is 4.14. The second-order valence-corrected chi connectivity index (χ2v) is 4.54. The minimum Gasteiger partial charge on any atom is -0.271 e. The van der Waals surface area contributed by atoms with E-state index in [2.05, 4.69) is 19.1 Å². The van der Waals surface area contributed by atoms with E-state index < -0.39 is 0 Å². The molecule has 1 aliphatic rings. The van der Waals surface area contributed by atoms with Gasteiger partial charge in [0.1, 0.15) is 0 Å². The van der Waals surface area contributed by atoms with E-state index in [1.165, 1.54) is 37.7 Å². The van der Waals surface area contributed by atoms with Crippen LogP contribution in [0.1, 0.15) is 37.7 Å². The van der Waals surface area contributed by atoms with Crippen molar-refractivity contribution in [2.75, 3.05) is 6.61 Å². The van der Waals surface area contributed by atoms with Crippen molar-refractivity contribution in [2.45, 2.75) is 39.0 Å². The van der Waals surface area contributed by atoms with E-state index >= 15 is 0 Å². The molecular weight excluding hydrogens is 186 g/mol. The minimum atomic E-state index is 0.771. The van der Waals surface area contributed by atoms with Crippen LogP contribution < -0.4 is 9.57 Å². The monoisotopic (exact) mass is 206 g/mol. The average Bonchev–Trinajstić information content (AvgIpc) is 2.30. The van der Waals surface area contributed by atoms with Crippen LogP contribution in [0.2, 0.25) is 0 Å². The van der Waals surface area contributed by atoms with Gasteiger partial charge in [-0.25, -0.2) is 0 Å². The summed E-state index contributed by atoms with van der Waals surface area (Å²) in [5, 5.41) is 0. The van der Waals surface area contributed by atoms with Crippen LogP contribution >= 0.6 is 0 Å². The summed E-state index contributed by atoms with van der Waals surface area (Å²) >= 11 is 0. The molecule has 0 atom stereocenters. The van der Waals surface area contributed by atoms with Crippen LogP contribution in [0.25, 0.3) is 0 Å². The van der Waals surface area contributed by atoms with E-state index in [4.69, 9.17) is 4.84 Å². The Morgan fingerprint density at radius 3 is 2.53 bits per heavy atom. The van der Waals surface area contributed by atoms with Gasteiger partial charge in [-0.2, -0.15) is 0 Å². The fourth-order valence-electron chi connectivity index (χ4n) is 2.12. The second kappa shape index (κ2) is 5.15. The summed E-state index contributed by atoms with van der Waals surface area (Å²) in [5.41, 5.74) is 1.27. The lowest BCUT2D eigenvalue weighted by molar-refractivity contribution is -0.892. The molecule has 15 heavy (non-hydrogen) atoms. The van der Waals surface area contributed by atoms with Gasteiger partial charge < -0.3 is 0 Å². The summed E-state index contributed by atoms with van der Waals surface area (Å²) in [4.78, 5) is 5.72. The Morgan fingerprint density at radius 1 is 1.20 bits per heavy atom. The van der Waals surface area contributed by atoms with Crippen LogP contribution in [0.4, 0.5) is 0 Å². The number of rotatable bonds is 3. The molecule has 0 amide bonds. The molecule has 1 fully saturated rings. The van der Waals surface area contributed by atoms with Gasteiger partial charge in [0.15, 0.2) is 6.61 Å². The third-order valence-electron chi connectivity index (χ3n) is 3.15. The van der Waals surface area contributed by atoms with Crippen molar-refractivity contribution in [1.82, 2.24) is 0 Å². The molecule has 0 aromatic carbocycles. The van der Waals surface area contributed by atoms with Crippen molar-refractivity contribution < 1.29 is 9.57 Å². The molecule has 0 radical (unpaired) electrons. The molecule has 0 aliphatic heterocycles. The summed E-state index contributed by atoms with van der Waals surface area (Å²) in [5.74, 6) is 0.771. The topological polar surface area (TPSA) is 13.1 Å². The maximum atomic E-state index is 5.72. The van der Waals surface area contributed by atoms with Gasteiger partial charge in [-0.3, -0.25) is 4.84 Å². The zero-order valence-electron chi connectivity index (χ0n) is 9.48. The molecule has 1 heterocycles. The van der Waals surface area contributed by atoms with Crippen molar-refractivity contribution in [2.24, 2.45) is 5.92 Å². The normalized spacial score (nSPS) is 17.7. The highest BCUT2D eigenvalue weighted by Gasteiger charge is 2.15. The lowest BCUT2D eigenvalue weighted by Crippen LogP contribution is -2.44. The Labute approximate surface area is 91.8 Å². The summed E-state index contributed by atoms with van der Waals surface area (Å²) < 4.78 is 1.82. The van der Waals surface area contributed by atoms with Crippen molar-refractivity contribution in [3.63, 3.8) is 0 Å². The molecule has 0 bridgehead atoms. The molecule has 1 aromatic heterocycles. The largest absolute Gasteiger partial charge is 0.271 e. The van der Waals surface area contributed by atoms with Crippen molar-refractivity contribution in [3.8, 4) is 0 Å². The highest BCUT2D eigenvalue weighted by molar-refractivity contribution is 5.02. The first kappa shape index (κ1) is 10.5. The van der Waals surface area contributed by atoms with Crippen molar-refractivity contribution in [1.29, 1.82) is 0 Å². The standard InChI is InChI=1S/C13H20NO/c1-12-7-9-14(10-8-12)15-11-13-5-3-2-4-6-13/h7-10,13H,2-6,11H2,1H3/q+1.